The van der Waals surface area contributed by atoms with Crippen LogP contribution in [0.5, 0.6) is 0 Å². The van der Waals surface area contributed by atoms with E-state index >= 15 is 0 Å². The molecule has 1 fully saturated rings. The lowest BCUT2D eigenvalue weighted by Gasteiger charge is -2.28. The van der Waals surface area contributed by atoms with E-state index in [1.807, 2.05) is 35.7 Å². The van der Waals surface area contributed by atoms with Crippen LogP contribution in [0.1, 0.15) is 24.2 Å². The van der Waals surface area contributed by atoms with E-state index in [0.717, 1.165) is 43.9 Å². The SMILES string of the molecule is CCOC(=O)c1c(-c2ccccc2)csc1NC(=O)C[NH+]1CC[NH+](CC)CC1. The Morgan fingerprint density at radius 3 is 2.39 bits per heavy atom. The van der Waals surface area contributed by atoms with Crippen molar-refractivity contribution in [3.8, 4) is 11.1 Å². The van der Waals surface area contributed by atoms with Crippen molar-refractivity contribution in [3.63, 3.8) is 0 Å². The van der Waals surface area contributed by atoms with E-state index in [4.69, 9.17) is 4.74 Å². The van der Waals surface area contributed by atoms with Gasteiger partial charge in [0, 0.05) is 10.9 Å². The molecule has 2 aromatic rings. The number of piperazine rings is 1. The van der Waals surface area contributed by atoms with E-state index in [1.165, 1.54) is 16.2 Å². The Labute approximate surface area is 170 Å². The first-order chi connectivity index (χ1) is 13.6. The minimum atomic E-state index is -0.398. The number of carbonyl (C=O) groups excluding carboxylic acids is 2. The molecule has 3 rings (SSSR count). The molecule has 1 aliphatic heterocycles. The lowest BCUT2D eigenvalue weighted by Crippen LogP contribution is -3.28. The molecule has 28 heavy (non-hydrogen) atoms. The van der Waals surface area contributed by atoms with Gasteiger partial charge in [-0.05, 0) is 19.4 Å². The molecule has 3 N–H and O–H groups in total. The number of amides is 1. The molecule has 0 spiro atoms. The van der Waals surface area contributed by atoms with Gasteiger partial charge in [0.05, 0.1) is 13.2 Å². The van der Waals surface area contributed by atoms with Crippen molar-refractivity contribution in [2.45, 2.75) is 13.8 Å². The van der Waals surface area contributed by atoms with Crippen LogP contribution in [-0.4, -0.2) is 57.8 Å². The Hall–Kier alpha value is -2.22. The summed E-state index contributed by atoms with van der Waals surface area (Å²) in [5, 5.41) is 5.44. The second kappa shape index (κ2) is 9.82. The maximum absolute atomic E-state index is 12.6. The predicted octanol–water partition coefficient (Wildman–Crippen LogP) is 0.334. The number of hydrogen-bond acceptors (Lipinski definition) is 4. The van der Waals surface area contributed by atoms with Crippen molar-refractivity contribution in [2.24, 2.45) is 0 Å². The summed E-state index contributed by atoms with van der Waals surface area (Å²) in [5.41, 5.74) is 2.18. The van der Waals surface area contributed by atoms with Crippen LogP contribution in [0.2, 0.25) is 0 Å². The Bertz CT molecular complexity index is 798. The first-order valence-electron chi connectivity index (χ1n) is 9.93. The van der Waals surface area contributed by atoms with Gasteiger partial charge < -0.3 is 19.9 Å². The summed E-state index contributed by atoms with van der Waals surface area (Å²) in [6.45, 7) is 10.1. The Morgan fingerprint density at radius 2 is 1.75 bits per heavy atom. The average Bonchev–Trinajstić information content (AvgIpc) is 3.13. The predicted molar refractivity (Wildman–Crippen MR) is 111 cm³/mol. The number of hydrogen-bond donors (Lipinski definition) is 3. The summed E-state index contributed by atoms with van der Waals surface area (Å²) in [4.78, 5) is 28.1. The normalized spacial score (nSPS) is 19.2. The number of quaternary nitrogens is 2. The van der Waals surface area contributed by atoms with E-state index < -0.39 is 5.97 Å². The number of esters is 1. The fraction of sp³-hybridized carbons (Fsp3) is 0.429. The molecule has 0 unspecified atom stereocenters. The zero-order valence-corrected chi connectivity index (χ0v) is 17.4. The van der Waals surface area contributed by atoms with Gasteiger partial charge in [-0.15, -0.1) is 11.3 Å². The third-order valence-corrected chi connectivity index (χ3v) is 6.08. The number of benzene rings is 1. The first-order valence-corrected chi connectivity index (χ1v) is 10.8. The number of carbonyl (C=O) groups is 2. The monoisotopic (exact) mass is 403 g/mol. The van der Waals surface area contributed by atoms with Crippen LogP contribution in [0, 0.1) is 0 Å². The highest BCUT2D eigenvalue weighted by Crippen LogP contribution is 2.36. The standard InChI is InChI=1S/C21H27N3O3S/c1-3-23-10-12-24(13-11-23)14-18(25)22-20-19(21(26)27-4-2)17(15-28-20)16-8-6-5-7-9-16/h5-9,15H,3-4,10-14H2,1-2H3,(H,22,25)/p+2. The fourth-order valence-corrected chi connectivity index (χ4v) is 4.54. The van der Waals surface area contributed by atoms with Crippen LogP contribution in [0.25, 0.3) is 11.1 Å². The highest BCUT2D eigenvalue weighted by Gasteiger charge is 2.26. The van der Waals surface area contributed by atoms with Crippen LogP contribution in [0.4, 0.5) is 5.00 Å². The quantitative estimate of drug-likeness (QED) is 0.584. The van der Waals surface area contributed by atoms with E-state index in [2.05, 4.69) is 12.2 Å². The number of nitrogens with one attached hydrogen (secondary N) is 3. The summed E-state index contributed by atoms with van der Waals surface area (Å²) in [6.07, 6.45) is 0. The lowest BCUT2D eigenvalue weighted by molar-refractivity contribution is -1.01. The topological polar surface area (TPSA) is 64.3 Å². The maximum Gasteiger partial charge on any atom is 0.341 e. The molecule has 150 valence electrons. The van der Waals surface area contributed by atoms with Crippen LogP contribution in [-0.2, 0) is 9.53 Å². The van der Waals surface area contributed by atoms with Gasteiger partial charge in [0.25, 0.3) is 5.91 Å². The smallest absolute Gasteiger partial charge is 0.341 e. The zero-order valence-electron chi connectivity index (χ0n) is 16.5. The van der Waals surface area contributed by atoms with Crippen molar-refractivity contribution in [1.82, 2.24) is 0 Å². The van der Waals surface area contributed by atoms with Gasteiger partial charge in [-0.3, -0.25) is 4.79 Å². The van der Waals surface area contributed by atoms with E-state index in [-0.39, 0.29) is 5.91 Å². The molecule has 2 heterocycles. The summed E-state index contributed by atoms with van der Waals surface area (Å²) < 4.78 is 5.25. The van der Waals surface area contributed by atoms with Crippen LogP contribution < -0.4 is 15.1 Å². The van der Waals surface area contributed by atoms with Crippen molar-refractivity contribution in [1.29, 1.82) is 0 Å². The Morgan fingerprint density at radius 1 is 1.07 bits per heavy atom. The lowest BCUT2D eigenvalue weighted by atomic mass is 10.0. The van der Waals surface area contributed by atoms with Crippen molar-refractivity contribution in [2.75, 3.05) is 51.2 Å². The molecule has 6 nitrogen and oxygen atoms in total. The molecule has 0 saturated carbocycles. The Kier molecular flexibility index (Phi) is 7.19. The van der Waals surface area contributed by atoms with Gasteiger partial charge >= 0.3 is 5.97 Å². The summed E-state index contributed by atoms with van der Waals surface area (Å²) in [6, 6.07) is 9.71. The van der Waals surface area contributed by atoms with Crippen molar-refractivity contribution >= 4 is 28.2 Å². The Balaban J connectivity index is 1.73. The molecule has 7 heteroatoms. The fourth-order valence-electron chi connectivity index (χ4n) is 3.57. The molecule has 1 aliphatic rings. The van der Waals surface area contributed by atoms with Crippen LogP contribution >= 0.6 is 11.3 Å². The second-order valence-electron chi connectivity index (χ2n) is 7.02. The third-order valence-electron chi connectivity index (χ3n) is 5.18. The molecule has 0 atom stereocenters. The summed E-state index contributed by atoms with van der Waals surface area (Å²) in [5.74, 6) is -0.452. The van der Waals surface area contributed by atoms with Crippen LogP contribution in [0.15, 0.2) is 35.7 Å². The zero-order chi connectivity index (χ0) is 19.9. The largest absolute Gasteiger partial charge is 0.462 e. The second-order valence-corrected chi connectivity index (χ2v) is 7.90. The maximum atomic E-state index is 12.6. The number of anilines is 1. The number of likely N-dealkylation sites (N-methyl/N-ethyl adjacent to an activating group) is 1. The van der Waals surface area contributed by atoms with Gasteiger partial charge in [-0.1, -0.05) is 30.3 Å². The summed E-state index contributed by atoms with van der Waals surface area (Å²) >= 11 is 1.37. The number of ether oxygens (including phenoxy) is 1. The first kappa shape index (κ1) is 20.5. The van der Waals surface area contributed by atoms with Crippen molar-refractivity contribution < 1.29 is 24.1 Å². The van der Waals surface area contributed by atoms with Gasteiger partial charge in [0.2, 0.25) is 0 Å². The molecule has 1 saturated heterocycles. The highest BCUT2D eigenvalue weighted by molar-refractivity contribution is 7.15. The third kappa shape index (κ3) is 4.98. The van der Waals surface area contributed by atoms with Crippen molar-refractivity contribution in [3.05, 3.63) is 41.3 Å². The molecule has 0 aliphatic carbocycles. The number of rotatable bonds is 7. The van der Waals surface area contributed by atoms with Crippen LogP contribution in [0.3, 0.4) is 0 Å². The van der Waals surface area contributed by atoms with E-state index in [0.29, 0.717) is 23.7 Å². The minimum Gasteiger partial charge on any atom is -0.462 e. The highest BCUT2D eigenvalue weighted by atomic mass is 32.1. The summed E-state index contributed by atoms with van der Waals surface area (Å²) in [7, 11) is 0. The molecular formula is C21H29N3O3S+2. The average molecular weight is 404 g/mol. The van der Waals surface area contributed by atoms with Gasteiger partial charge in [-0.2, -0.15) is 0 Å². The van der Waals surface area contributed by atoms with Gasteiger partial charge in [0.15, 0.2) is 6.54 Å². The molecule has 1 aromatic carbocycles. The van der Waals surface area contributed by atoms with Gasteiger partial charge in [0.1, 0.15) is 36.7 Å². The number of thiophene rings is 1. The molecule has 1 aromatic heterocycles. The molecule has 0 radical (unpaired) electrons. The van der Waals surface area contributed by atoms with E-state index in [1.54, 1.807) is 11.8 Å². The molecular weight excluding hydrogens is 374 g/mol. The molecule has 0 bridgehead atoms. The minimum absolute atomic E-state index is 0.0537. The van der Waals surface area contributed by atoms with E-state index in [9.17, 15) is 9.59 Å². The van der Waals surface area contributed by atoms with Gasteiger partial charge in [-0.25, -0.2) is 4.79 Å². The molecule has 1 amide bonds.